The minimum atomic E-state index is -3.83. The first-order valence-electron chi connectivity index (χ1n) is 9.83. The highest BCUT2D eigenvalue weighted by Gasteiger charge is 2.18. The van der Waals surface area contributed by atoms with Crippen LogP contribution >= 0.6 is 11.8 Å². The topological polar surface area (TPSA) is 80.2 Å². The van der Waals surface area contributed by atoms with E-state index in [1.165, 1.54) is 24.8 Å². The van der Waals surface area contributed by atoms with Gasteiger partial charge in [0.1, 0.15) is 0 Å². The molecule has 0 aliphatic carbocycles. The van der Waals surface area contributed by atoms with Gasteiger partial charge >= 0.3 is 0 Å². The number of hydrogen-bond acceptors (Lipinski definition) is 4. The largest absolute Gasteiger partial charge is 0.341 e. The molecule has 0 bridgehead atoms. The Morgan fingerprint density at radius 3 is 2.45 bits per heavy atom. The van der Waals surface area contributed by atoms with Crippen LogP contribution in [0.4, 0.5) is 11.4 Å². The van der Waals surface area contributed by atoms with Crippen molar-refractivity contribution in [2.24, 2.45) is 0 Å². The second-order valence-electron chi connectivity index (χ2n) is 7.14. The van der Waals surface area contributed by atoms with E-state index < -0.39 is 10.0 Å². The van der Waals surface area contributed by atoms with Crippen LogP contribution in [0.3, 0.4) is 0 Å². The predicted octanol–water partition coefficient (Wildman–Crippen LogP) is 5.30. The van der Waals surface area contributed by atoms with Gasteiger partial charge in [0.15, 0.2) is 0 Å². The molecule has 1 heterocycles. The first-order chi connectivity index (χ1) is 14.8. The molecule has 4 aromatic rings. The highest BCUT2D eigenvalue weighted by molar-refractivity contribution is 7.98. The Kier molecular flexibility index (Phi) is 5.68. The number of aromatic nitrogens is 1. The number of amides is 1. The number of thioether (sulfide) groups is 1. The maximum absolute atomic E-state index is 13.1. The summed E-state index contributed by atoms with van der Waals surface area (Å²) in [6.07, 6.45) is 1.87. The van der Waals surface area contributed by atoms with E-state index in [9.17, 15) is 13.2 Å². The van der Waals surface area contributed by atoms with E-state index in [0.717, 1.165) is 33.2 Å². The van der Waals surface area contributed by atoms with Crippen molar-refractivity contribution >= 4 is 60.9 Å². The normalized spacial score (nSPS) is 11.7. The van der Waals surface area contributed by atoms with Gasteiger partial charge in [-0.1, -0.05) is 18.2 Å². The van der Waals surface area contributed by atoms with Crippen molar-refractivity contribution in [1.29, 1.82) is 0 Å². The summed E-state index contributed by atoms with van der Waals surface area (Å²) in [5.74, 6) is -0.254. The lowest BCUT2D eigenvalue weighted by Crippen LogP contribution is -2.14. The van der Waals surface area contributed by atoms with Crippen LogP contribution in [0.2, 0.25) is 0 Å². The molecule has 1 amide bonds. The van der Waals surface area contributed by atoms with Crippen LogP contribution in [0, 0.1) is 0 Å². The zero-order valence-electron chi connectivity index (χ0n) is 17.5. The van der Waals surface area contributed by atoms with E-state index in [0.29, 0.717) is 11.4 Å². The van der Waals surface area contributed by atoms with Crippen LogP contribution in [0.15, 0.2) is 70.5 Å². The second kappa shape index (κ2) is 8.28. The number of hydrogen-bond donors (Lipinski definition) is 2. The third-order valence-corrected chi connectivity index (χ3v) is 7.31. The number of fused-ring (bicyclic) bond motifs is 3. The van der Waals surface area contributed by atoms with Gasteiger partial charge in [0.2, 0.25) is 5.91 Å². The van der Waals surface area contributed by atoms with Crippen molar-refractivity contribution in [2.75, 3.05) is 16.3 Å². The van der Waals surface area contributed by atoms with Crippen LogP contribution < -0.4 is 10.0 Å². The van der Waals surface area contributed by atoms with Gasteiger partial charge in [-0.15, -0.1) is 11.8 Å². The molecule has 0 saturated heterocycles. The number of anilines is 2. The van der Waals surface area contributed by atoms with Crippen LogP contribution in [-0.4, -0.2) is 25.1 Å². The number of sulfonamides is 1. The van der Waals surface area contributed by atoms with Crippen molar-refractivity contribution in [3.8, 4) is 0 Å². The molecule has 0 aliphatic heterocycles. The molecule has 0 atom stereocenters. The molecule has 8 heteroatoms. The summed E-state index contributed by atoms with van der Waals surface area (Å²) < 4.78 is 31.0. The monoisotopic (exact) mass is 453 g/mol. The number of carbonyl (C=O) groups excluding carboxylic acids is 1. The lowest BCUT2D eigenvalue weighted by atomic mass is 10.1. The standard InChI is InChI=1S/C23H23N3O3S2/c1-4-26-21-8-6-5-7-18(21)19-13-16(9-11-22(19)26)25-31(28,29)17-10-12-23(30-3)20(14-17)24-15(2)27/h5-14,25H,4H2,1-3H3,(H,24,27). The smallest absolute Gasteiger partial charge is 0.261 e. The summed E-state index contributed by atoms with van der Waals surface area (Å²) in [6.45, 7) is 4.31. The molecule has 2 N–H and O–H groups in total. The molecule has 1 aromatic heterocycles. The Bertz CT molecular complexity index is 1410. The van der Waals surface area contributed by atoms with Gasteiger partial charge in [0.05, 0.1) is 10.6 Å². The third kappa shape index (κ3) is 4.00. The van der Waals surface area contributed by atoms with E-state index in [1.807, 2.05) is 36.6 Å². The molecule has 0 fully saturated rings. The Morgan fingerprint density at radius 1 is 1.00 bits per heavy atom. The van der Waals surface area contributed by atoms with Crippen molar-refractivity contribution in [3.05, 3.63) is 60.7 Å². The molecule has 6 nitrogen and oxygen atoms in total. The SMILES string of the molecule is CCn1c2ccccc2c2cc(NS(=O)(=O)c3ccc(SC)c(NC(C)=O)c3)ccc21. The van der Waals surface area contributed by atoms with Gasteiger partial charge in [-0.05, 0) is 55.6 Å². The number of nitrogens with zero attached hydrogens (tertiary/aromatic N) is 1. The van der Waals surface area contributed by atoms with E-state index in [-0.39, 0.29) is 10.8 Å². The summed E-state index contributed by atoms with van der Waals surface area (Å²) in [7, 11) is -3.83. The van der Waals surface area contributed by atoms with Gasteiger partial charge in [-0.3, -0.25) is 9.52 Å². The minimum absolute atomic E-state index is 0.0881. The fourth-order valence-corrected chi connectivity index (χ4v) is 5.42. The average molecular weight is 454 g/mol. The lowest BCUT2D eigenvalue weighted by Gasteiger charge is -2.13. The summed E-state index contributed by atoms with van der Waals surface area (Å²) >= 11 is 1.44. The first-order valence-corrected chi connectivity index (χ1v) is 12.5. The summed E-state index contributed by atoms with van der Waals surface area (Å²) in [5.41, 5.74) is 3.14. The molecule has 0 aliphatic rings. The number of para-hydroxylation sites is 1. The van der Waals surface area contributed by atoms with E-state index in [1.54, 1.807) is 18.2 Å². The quantitative estimate of drug-likeness (QED) is 0.389. The Labute approximate surface area is 185 Å². The van der Waals surface area contributed by atoms with Gasteiger partial charge < -0.3 is 9.88 Å². The molecule has 0 saturated carbocycles. The molecule has 4 rings (SSSR count). The highest BCUT2D eigenvalue weighted by Crippen LogP contribution is 2.32. The van der Waals surface area contributed by atoms with Crippen LogP contribution in [-0.2, 0) is 21.4 Å². The lowest BCUT2D eigenvalue weighted by molar-refractivity contribution is -0.114. The highest BCUT2D eigenvalue weighted by atomic mass is 32.2. The summed E-state index contributed by atoms with van der Waals surface area (Å²) in [6, 6.07) is 18.4. The zero-order chi connectivity index (χ0) is 22.2. The second-order valence-corrected chi connectivity index (χ2v) is 9.67. The number of nitrogens with one attached hydrogen (secondary N) is 2. The molecular formula is C23H23N3O3S2. The maximum Gasteiger partial charge on any atom is 0.261 e. The number of aryl methyl sites for hydroxylation is 1. The number of rotatable bonds is 6. The third-order valence-electron chi connectivity index (χ3n) is 5.13. The van der Waals surface area contributed by atoms with Crippen molar-refractivity contribution in [1.82, 2.24) is 4.57 Å². The van der Waals surface area contributed by atoms with Crippen LogP contribution in [0.1, 0.15) is 13.8 Å². The van der Waals surface area contributed by atoms with E-state index in [2.05, 4.69) is 27.6 Å². The molecule has 3 aromatic carbocycles. The molecular weight excluding hydrogens is 430 g/mol. The Hall–Kier alpha value is -2.97. The van der Waals surface area contributed by atoms with Crippen LogP contribution in [0.5, 0.6) is 0 Å². The molecule has 0 spiro atoms. The molecule has 160 valence electrons. The van der Waals surface area contributed by atoms with Gasteiger partial charge in [0, 0.05) is 45.9 Å². The Balaban J connectivity index is 1.75. The Morgan fingerprint density at radius 2 is 1.74 bits per heavy atom. The van der Waals surface area contributed by atoms with Crippen molar-refractivity contribution in [2.45, 2.75) is 30.2 Å². The van der Waals surface area contributed by atoms with Crippen molar-refractivity contribution < 1.29 is 13.2 Å². The average Bonchev–Trinajstić information content (AvgIpc) is 3.06. The minimum Gasteiger partial charge on any atom is -0.341 e. The molecule has 31 heavy (non-hydrogen) atoms. The van der Waals surface area contributed by atoms with Gasteiger partial charge in [-0.2, -0.15) is 0 Å². The van der Waals surface area contributed by atoms with Crippen molar-refractivity contribution in [3.63, 3.8) is 0 Å². The van der Waals surface area contributed by atoms with E-state index in [4.69, 9.17) is 0 Å². The summed E-state index contributed by atoms with van der Waals surface area (Å²) in [5, 5.41) is 4.78. The predicted molar refractivity (Wildman–Crippen MR) is 128 cm³/mol. The van der Waals surface area contributed by atoms with Gasteiger partial charge in [-0.25, -0.2) is 8.42 Å². The summed E-state index contributed by atoms with van der Waals surface area (Å²) in [4.78, 5) is 12.4. The maximum atomic E-state index is 13.1. The first kappa shape index (κ1) is 21.3. The molecule has 0 unspecified atom stereocenters. The fourth-order valence-electron chi connectivity index (χ4n) is 3.81. The van der Waals surface area contributed by atoms with Crippen LogP contribution in [0.25, 0.3) is 21.8 Å². The molecule has 0 radical (unpaired) electrons. The van der Waals surface area contributed by atoms with E-state index >= 15 is 0 Å². The fraction of sp³-hybridized carbons (Fsp3) is 0.174. The zero-order valence-corrected chi connectivity index (χ0v) is 19.1. The van der Waals surface area contributed by atoms with Gasteiger partial charge in [0.25, 0.3) is 10.0 Å². The number of benzene rings is 3. The number of carbonyl (C=O) groups is 1.